The summed E-state index contributed by atoms with van der Waals surface area (Å²) in [6.45, 7) is 6.52. The van der Waals surface area contributed by atoms with Crippen LogP contribution in [0, 0.1) is 13.8 Å². The Morgan fingerprint density at radius 2 is 1.88 bits per heavy atom. The van der Waals surface area contributed by atoms with E-state index in [4.69, 9.17) is 10.2 Å². The molecule has 4 heterocycles. The zero-order chi connectivity index (χ0) is 27.9. The molecular weight excluding hydrogens is 541 g/mol. The minimum Gasteiger partial charge on any atom is -0.419 e. The minimum atomic E-state index is -0.858. The van der Waals surface area contributed by atoms with Gasteiger partial charge >= 0.3 is 0 Å². The Bertz CT molecular complexity index is 1660. The molecule has 204 valence electrons. The molecule has 1 fully saturated rings. The van der Waals surface area contributed by atoms with E-state index in [2.05, 4.69) is 20.2 Å². The van der Waals surface area contributed by atoms with Crippen molar-refractivity contribution in [1.29, 1.82) is 0 Å². The number of rotatable bonds is 7. The van der Waals surface area contributed by atoms with Crippen LogP contribution >= 0.6 is 22.7 Å². The van der Waals surface area contributed by atoms with Crippen molar-refractivity contribution in [3.63, 3.8) is 0 Å². The fourth-order valence-electron chi connectivity index (χ4n) is 5.14. The third-order valence-corrected chi connectivity index (χ3v) is 8.94. The second-order valence-electron chi connectivity index (χ2n) is 10.5. The van der Waals surface area contributed by atoms with Gasteiger partial charge in [0.1, 0.15) is 5.01 Å². The Kier molecular flexibility index (Phi) is 7.07. The van der Waals surface area contributed by atoms with Crippen molar-refractivity contribution in [2.75, 3.05) is 6.54 Å². The van der Waals surface area contributed by atoms with E-state index in [-0.39, 0.29) is 11.9 Å². The first kappa shape index (κ1) is 26.5. The third-order valence-electron chi connectivity index (χ3n) is 7.10. The molecule has 2 atom stereocenters. The number of carbonyl (C=O) groups excluding carboxylic acids is 1. The molecule has 40 heavy (non-hydrogen) atoms. The van der Waals surface area contributed by atoms with Crippen LogP contribution in [0.5, 0.6) is 0 Å². The van der Waals surface area contributed by atoms with E-state index >= 15 is 0 Å². The van der Waals surface area contributed by atoms with Crippen molar-refractivity contribution in [2.45, 2.75) is 51.6 Å². The number of likely N-dealkylation sites (tertiary alicyclic amines) is 1. The van der Waals surface area contributed by atoms with Crippen LogP contribution in [0.1, 0.15) is 63.3 Å². The molecule has 0 aliphatic carbocycles. The summed E-state index contributed by atoms with van der Waals surface area (Å²) in [4.78, 5) is 25.3. The highest BCUT2D eigenvalue weighted by molar-refractivity contribution is 7.10. The molecule has 1 aliphatic heterocycles. The van der Waals surface area contributed by atoms with Gasteiger partial charge in [0.15, 0.2) is 0 Å². The fourth-order valence-corrected chi connectivity index (χ4v) is 6.71. The monoisotopic (exact) mass is 570 g/mol. The van der Waals surface area contributed by atoms with Gasteiger partial charge in [0.25, 0.3) is 5.91 Å². The Morgan fingerprint density at radius 1 is 1.07 bits per heavy atom. The Balaban J connectivity index is 1.36. The van der Waals surface area contributed by atoms with Gasteiger partial charge in [-0.15, -0.1) is 32.9 Å². The second-order valence-corrected chi connectivity index (χ2v) is 12.5. The van der Waals surface area contributed by atoms with Crippen LogP contribution in [0.25, 0.3) is 22.7 Å². The molecular formula is C30H30N6O2S2. The highest BCUT2D eigenvalue weighted by Crippen LogP contribution is 2.36. The lowest BCUT2D eigenvalue weighted by Crippen LogP contribution is -2.35. The molecule has 2 N–H and O–H groups in total. The maximum atomic E-state index is 14.0. The predicted molar refractivity (Wildman–Crippen MR) is 157 cm³/mol. The quantitative estimate of drug-likeness (QED) is 0.243. The number of aromatic nitrogens is 4. The normalized spacial score (nSPS) is 16.8. The van der Waals surface area contributed by atoms with Crippen LogP contribution in [-0.2, 0) is 12.0 Å². The summed E-state index contributed by atoms with van der Waals surface area (Å²) in [6, 6.07) is 15.6. The summed E-state index contributed by atoms with van der Waals surface area (Å²) >= 11 is 3.18. The molecule has 5 aromatic rings. The van der Waals surface area contributed by atoms with Crippen molar-refractivity contribution >= 4 is 28.6 Å². The molecule has 10 heteroatoms. The number of nitrogens with zero attached hydrogens (tertiary/aromatic N) is 5. The van der Waals surface area contributed by atoms with Crippen LogP contribution in [0.3, 0.4) is 0 Å². The largest absolute Gasteiger partial charge is 0.419 e. The van der Waals surface area contributed by atoms with Crippen molar-refractivity contribution in [3.05, 3.63) is 92.0 Å². The van der Waals surface area contributed by atoms with E-state index in [0.29, 0.717) is 35.9 Å². The number of nitrogens with two attached hydrogens (primary N) is 1. The van der Waals surface area contributed by atoms with Gasteiger partial charge < -0.3 is 15.1 Å². The topological polar surface area (TPSA) is 111 Å². The maximum Gasteiger partial charge on any atom is 0.254 e. The number of benzene rings is 2. The SMILES string of the molecule is Cc1csc([C@H]2CCCN2C(=O)c2cc(-c3csc(C)n3)cc(-c3nnc(C(C)(N)Cc4ccccc4)o3)c2)n1. The van der Waals surface area contributed by atoms with E-state index in [0.717, 1.165) is 45.4 Å². The average Bonchev–Trinajstić information content (AvgIpc) is 3.75. The lowest BCUT2D eigenvalue weighted by atomic mass is 9.94. The number of carbonyl (C=O) groups is 1. The summed E-state index contributed by atoms with van der Waals surface area (Å²) < 4.78 is 6.16. The zero-order valence-corrected chi connectivity index (χ0v) is 24.3. The van der Waals surface area contributed by atoms with Crippen molar-refractivity contribution < 1.29 is 9.21 Å². The molecule has 0 bridgehead atoms. The number of thiazole rings is 2. The third kappa shape index (κ3) is 5.34. The smallest absolute Gasteiger partial charge is 0.254 e. The lowest BCUT2D eigenvalue weighted by molar-refractivity contribution is 0.0735. The summed E-state index contributed by atoms with van der Waals surface area (Å²) in [5.41, 5.74) is 10.7. The first-order valence-electron chi connectivity index (χ1n) is 13.2. The molecule has 3 aromatic heterocycles. The van der Waals surface area contributed by atoms with Crippen LogP contribution in [-0.4, -0.2) is 37.5 Å². The minimum absolute atomic E-state index is 0.0224. The summed E-state index contributed by atoms with van der Waals surface area (Å²) in [7, 11) is 0. The molecule has 0 radical (unpaired) electrons. The standard InChI is InChI=1S/C30H30N6O2S2/c1-18-16-40-27(32-18)25-10-7-11-36(25)28(37)23-13-21(24-17-39-19(2)33-24)12-22(14-23)26-34-35-29(38-26)30(3,31)15-20-8-5-4-6-9-20/h4-6,8-9,12-14,16-17,25H,7,10-11,15,31H2,1-3H3/t25-,30?/m1/s1. The second kappa shape index (κ2) is 10.7. The van der Waals surface area contributed by atoms with Crippen LogP contribution in [0.4, 0.5) is 0 Å². The van der Waals surface area contributed by atoms with Gasteiger partial charge in [-0.3, -0.25) is 4.79 Å². The van der Waals surface area contributed by atoms with Crippen LogP contribution in [0.2, 0.25) is 0 Å². The van der Waals surface area contributed by atoms with Crippen LogP contribution in [0.15, 0.2) is 63.7 Å². The van der Waals surface area contributed by atoms with Gasteiger partial charge in [0, 0.05) is 39.7 Å². The number of aryl methyl sites for hydroxylation is 2. The number of hydrogen-bond acceptors (Lipinski definition) is 9. The first-order chi connectivity index (χ1) is 19.3. The molecule has 2 aromatic carbocycles. The molecule has 0 saturated carbocycles. The van der Waals surface area contributed by atoms with Gasteiger partial charge in [0.05, 0.1) is 22.3 Å². The summed E-state index contributed by atoms with van der Waals surface area (Å²) in [5.74, 6) is 0.613. The van der Waals surface area contributed by atoms with E-state index < -0.39 is 5.54 Å². The Morgan fingerprint density at radius 3 is 2.60 bits per heavy atom. The maximum absolute atomic E-state index is 14.0. The fraction of sp³-hybridized carbons (Fsp3) is 0.300. The zero-order valence-electron chi connectivity index (χ0n) is 22.6. The van der Waals surface area contributed by atoms with Crippen molar-refractivity contribution in [3.8, 4) is 22.7 Å². The van der Waals surface area contributed by atoms with E-state index in [1.54, 1.807) is 22.7 Å². The molecule has 1 unspecified atom stereocenters. The molecule has 1 aliphatic rings. The van der Waals surface area contributed by atoms with Crippen molar-refractivity contribution in [1.82, 2.24) is 25.1 Å². The van der Waals surface area contributed by atoms with E-state index in [1.807, 2.05) is 85.0 Å². The van der Waals surface area contributed by atoms with Gasteiger partial charge in [-0.05, 0) is 63.8 Å². The number of hydrogen-bond donors (Lipinski definition) is 1. The molecule has 1 saturated heterocycles. The van der Waals surface area contributed by atoms with Crippen molar-refractivity contribution in [2.24, 2.45) is 5.73 Å². The van der Waals surface area contributed by atoms with Gasteiger partial charge in [0.2, 0.25) is 11.8 Å². The molecule has 1 amide bonds. The lowest BCUT2D eigenvalue weighted by Gasteiger charge is -2.23. The average molecular weight is 571 g/mol. The Hall–Kier alpha value is -3.73. The van der Waals surface area contributed by atoms with Gasteiger partial charge in [-0.1, -0.05) is 30.3 Å². The Labute approximate surface area is 240 Å². The predicted octanol–water partition coefficient (Wildman–Crippen LogP) is 6.33. The van der Waals surface area contributed by atoms with Crippen LogP contribution < -0.4 is 5.73 Å². The first-order valence-corrected chi connectivity index (χ1v) is 15.0. The molecule has 8 nitrogen and oxygen atoms in total. The molecule has 6 rings (SSSR count). The summed E-state index contributed by atoms with van der Waals surface area (Å²) in [5, 5.41) is 14.6. The molecule has 0 spiro atoms. The van der Waals surface area contributed by atoms with Gasteiger partial charge in [-0.25, -0.2) is 9.97 Å². The highest BCUT2D eigenvalue weighted by atomic mass is 32.1. The summed E-state index contributed by atoms with van der Waals surface area (Å²) in [6.07, 6.45) is 2.39. The van der Waals surface area contributed by atoms with E-state index in [1.165, 1.54) is 0 Å². The number of amides is 1. The van der Waals surface area contributed by atoms with E-state index in [9.17, 15) is 4.79 Å². The van der Waals surface area contributed by atoms with Gasteiger partial charge in [-0.2, -0.15) is 0 Å². The highest BCUT2D eigenvalue weighted by Gasteiger charge is 2.33.